The molecule has 1 aliphatic carbocycles. The average Bonchev–Trinajstić information content (AvgIpc) is 2.82. The van der Waals surface area contributed by atoms with Crippen molar-refractivity contribution in [1.82, 2.24) is 0 Å². The van der Waals surface area contributed by atoms with Crippen LogP contribution in [0.1, 0.15) is 17.2 Å². The average molecular weight is 250 g/mol. The zero-order valence-electron chi connectivity index (χ0n) is 8.69. The van der Waals surface area contributed by atoms with Crippen LogP contribution in [0.5, 0.6) is 0 Å². The van der Waals surface area contributed by atoms with Gasteiger partial charge in [-0.25, -0.2) is 0 Å². The molecule has 1 aliphatic rings. The Balaban J connectivity index is 1.89. The zero-order valence-corrected chi connectivity index (χ0v) is 10.3. The van der Waals surface area contributed by atoms with Crippen molar-refractivity contribution in [3.05, 3.63) is 46.3 Å². The lowest BCUT2D eigenvalue weighted by atomic mass is 10.2. The molecule has 0 radical (unpaired) electrons. The van der Waals surface area contributed by atoms with Crippen LogP contribution in [0.3, 0.4) is 0 Å². The van der Waals surface area contributed by atoms with Gasteiger partial charge in [-0.3, -0.25) is 0 Å². The standard InChI is InChI=1S/C13H12ClNS/c14-9-3-1-8(2-4-9)12-5-6-13(16-12)10-7-11(10)15/h1-6,10-11H,7,15H2. The second-order valence-corrected chi connectivity index (χ2v) is 5.77. The van der Waals surface area contributed by atoms with E-state index in [1.54, 1.807) is 0 Å². The molecule has 1 nitrogen and oxygen atoms in total. The molecular weight excluding hydrogens is 238 g/mol. The molecule has 0 bridgehead atoms. The summed E-state index contributed by atoms with van der Waals surface area (Å²) in [5.74, 6) is 0.603. The van der Waals surface area contributed by atoms with Crippen molar-refractivity contribution in [2.24, 2.45) is 5.73 Å². The first-order valence-corrected chi connectivity index (χ1v) is 6.55. The molecule has 1 saturated carbocycles. The summed E-state index contributed by atoms with van der Waals surface area (Å²) in [6, 6.07) is 12.7. The summed E-state index contributed by atoms with van der Waals surface area (Å²) in [6.07, 6.45) is 1.14. The number of nitrogens with two attached hydrogens (primary N) is 1. The normalized spacial score (nSPS) is 23.4. The molecule has 2 atom stereocenters. The number of thiophene rings is 1. The maximum absolute atomic E-state index is 5.87. The molecule has 3 rings (SSSR count). The fraction of sp³-hybridized carbons (Fsp3) is 0.231. The monoisotopic (exact) mass is 249 g/mol. The molecule has 1 aromatic carbocycles. The number of hydrogen-bond donors (Lipinski definition) is 1. The number of halogens is 1. The van der Waals surface area contributed by atoms with Gasteiger partial charge in [0.05, 0.1) is 0 Å². The van der Waals surface area contributed by atoms with Crippen LogP contribution in [0, 0.1) is 0 Å². The molecule has 0 spiro atoms. The first kappa shape index (κ1) is 10.3. The van der Waals surface area contributed by atoms with Crippen LogP contribution in [-0.4, -0.2) is 6.04 Å². The minimum atomic E-state index is 0.386. The predicted octanol–water partition coefficient (Wildman–Crippen LogP) is 3.88. The Hall–Kier alpha value is -0.830. The van der Waals surface area contributed by atoms with Crippen molar-refractivity contribution in [2.45, 2.75) is 18.4 Å². The first-order chi connectivity index (χ1) is 7.74. The van der Waals surface area contributed by atoms with Gasteiger partial charge in [-0.1, -0.05) is 23.7 Å². The van der Waals surface area contributed by atoms with E-state index in [2.05, 4.69) is 24.3 Å². The Morgan fingerprint density at radius 3 is 2.44 bits per heavy atom. The van der Waals surface area contributed by atoms with Gasteiger partial charge >= 0.3 is 0 Å². The summed E-state index contributed by atoms with van der Waals surface area (Å²) >= 11 is 7.71. The molecular formula is C13H12ClNS. The highest BCUT2D eigenvalue weighted by atomic mass is 35.5. The highest BCUT2D eigenvalue weighted by molar-refractivity contribution is 7.15. The van der Waals surface area contributed by atoms with E-state index < -0.39 is 0 Å². The Morgan fingerprint density at radius 1 is 1.12 bits per heavy atom. The van der Waals surface area contributed by atoms with E-state index in [9.17, 15) is 0 Å². The minimum Gasteiger partial charge on any atom is -0.327 e. The molecule has 2 N–H and O–H groups in total. The van der Waals surface area contributed by atoms with Crippen molar-refractivity contribution in [2.75, 3.05) is 0 Å². The number of hydrogen-bond acceptors (Lipinski definition) is 2. The summed E-state index contributed by atoms with van der Waals surface area (Å²) in [5.41, 5.74) is 7.09. The van der Waals surface area contributed by atoms with E-state index >= 15 is 0 Å². The summed E-state index contributed by atoms with van der Waals surface area (Å²) in [6.45, 7) is 0. The molecule has 82 valence electrons. The van der Waals surface area contributed by atoms with Gasteiger partial charge in [0.2, 0.25) is 0 Å². The van der Waals surface area contributed by atoms with Gasteiger partial charge in [-0.15, -0.1) is 11.3 Å². The third-order valence-corrected chi connectivity index (χ3v) is 4.48. The minimum absolute atomic E-state index is 0.386. The van der Waals surface area contributed by atoms with Crippen LogP contribution in [0.4, 0.5) is 0 Å². The third-order valence-electron chi connectivity index (χ3n) is 2.96. The van der Waals surface area contributed by atoms with Crippen molar-refractivity contribution in [1.29, 1.82) is 0 Å². The largest absolute Gasteiger partial charge is 0.327 e. The maximum Gasteiger partial charge on any atom is 0.0406 e. The molecule has 16 heavy (non-hydrogen) atoms. The quantitative estimate of drug-likeness (QED) is 0.859. The van der Waals surface area contributed by atoms with Crippen LogP contribution in [0.2, 0.25) is 5.02 Å². The van der Waals surface area contributed by atoms with Gasteiger partial charge in [0.25, 0.3) is 0 Å². The van der Waals surface area contributed by atoms with Gasteiger partial charge in [0.15, 0.2) is 0 Å². The first-order valence-electron chi connectivity index (χ1n) is 5.35. The molecule has 1 fully saturated rings. The summed E-state index contributed by atoms with van der Waals surface area (Å²) in [4.78, 5) is 2.71. The highest BCUT2D eigenvalue weighted by Gasteiger charge is 2.35. The third kappa shape index (κ3) is 1.88. The van der Waals surface area contributed by atoms with Crippen molar-refractivity contribution < 1.29 is 0 Å². The topological polar surface area (TPSA) is 26.0 Å². The van der Waals surface area contributed by atoms with Crippen molar-refractivity contribution in [3.63, 3.8) is 0 Å². The molecule has 0 aliphatic heterocycles. The van der Waals surface area contributed by atoms with Gasteiger partial charge in [0, 0.05) is 26.7 Å². The SMILES string of the molecule is NC1CC1c1ccc(-c2ccc(Cl)cc2)s1. The lowest BCUT2D eigenvalue weighted by Crippen LogP contribution is -1.99. The van der Waals surface area contributed by atoms with Crippen molar-refractivity contribution >= 4 is 22.9 Å². The van der Waals surface area contributed by atoms with Crippen LogP contribution >= 0.6 is 22.9 Å². The van der Waals surface area contributed by atoms with Crippen LogP contribution in [-0.2, 0) is 0 Å². The van der Waals surface area contributed by atoms with E-state index in [0.29, 0.717) is 12.0 Å². The van der Waals surface area contributed by atoms with Crippen LogP contribution in [0.25, 0.3) is 10.4 Å². The Morgan fingerprint density at radius 2 is 1.81 bits per heavy atom. The van der Waals surface area contributed by atoms with E-state index in [1.165, 1.54) is 15.3 Å². The second-order valence-electron chi connectivity index (χ2n) is 4.21. The van der Waals surface area contributed by atoms with E-state index in [1.807, 2.05) is 23.5 Å². The Bertz CT molecular complexity index is 503. The maximum atomic E-state index is 5.87. The van der Waals surface area contributed by atoms with Gasteiger partial charge in [0.1, 0.15) is 0 Å². The van der Waals surface area contributed by atoms with Crippen LogP contribution < -0.4 is 5.73 Å². The second kappa shape index (κ2) is 3.88. The lowest BCUT2D eigenvalue weighted by molar-refractivity contribution is 1.01. The fourth-order valence-electron chi connectivity index (χ4n) is 1.86. The molecule has 1 aromatic heterocycles. The summed E-state index contributed by atoms with van der Waals surface area (Å²) in [7, 11) is 0. The Labute approximate surface area is 104 Å². The smallest absolute Gasteiger partial charge is 0.0406 e. The van der Waals surface area contributed by atoms with Crippen molar-refractivity contribution in [3.8, 4) is 10.4 Å². The number of benzene rings is 1. The Kier molecular flexibility index (Phi) is 2.51. The molecule has 2 unspecified atom stereocenters. The zero-order chi connectivity index (χ0) is 11.1. The number of rotatable bonds is 2. The molecule has 2 aromatic rings. The lowest BCUT2D eigenvalue weighted by Gasteiger charge is -1.96. The molecule has 1 heterocycles. The summed E-state index contributed by atoms with van der Waals surface area (Å²) in [5, 5.41) is 0.782. The van der Waals surface area contributed by atoms with Gasteiger partial charge in [-0.05, 0) is 36.2 Å². The molecule has 0 amide bonds. The molecule has 0 saturated heterocycles. The van der Waals surface area contributed by atoms with Gasteiger partial charge < -0.3 is 5.73 Å². The van der Waals surface area contributed by atoms with E-state index in [-0.39, 0.29) is 0 Å². The molecule has 3 heteroatoms. The van der Waals surface area contributed by atoms with Gasteiger partial charge in [-0.2, -0.15) is 0 Å². The van der Waals surface area contributed by atoms with E-state index in [0.717, 1.165) is 11.4 Å². The predicted molar refractivity (Wildman–Crippen MR) is 70.1 cm³/mol. The van der Waals surface area contributed by atoms with E-state index in [4.69, 9.17) is 17.3 Å². The van der Waals surface area contributed by atoms with Crippen LogP contribution in [0.15, 0.2) is 36.4 Å². The highest BCUT2D eigenvalue weighted by Crippen LogP contribution is 2.44. The summed E-state index contributed by atoms with van der Waals surface area (Å²) < 4.78 is 0. The fourth-order valence-corrected chi connectivity index (χ4v) is 3.19.